The van der Waals surface area contributed by atoms with Gasteiger partial charge in [0.15, 0.2) is 0 Å². The molecule has 0 fully saturated rings. The van der Waals surface area contributed by atoms with Crippen LogP contribution >= 0.6 is 0 Å². The molecule has 78 valence electrons. The molecule has 0 nitrogen and oxygen atoms in total. The Morgan fingerprint density at radius 2 is 1.77 bits per heavy atom. The molecule has 0 aromatic carbocycles. The van der Waals surface area contributed by atoms with Crippen LogP contribution < -0.4 is 0 Å². The number of unbranched alkanes of at least 4 members (excludes halogenated alkanes) is 3. The van der Waals surface area contributed by atoms with Gasteiger partial charge in [0.25, 0.3) is 0 Å². The molecule has 0 aliphatic heterocycles. The van der Waals surface area contributed by atoms with Crippen LogP contribution in [0.4, 0.5) is 0 Å². The molecule has 0 aliphatic carbocycles. The van der Waals surface area contributed by atoms with Crippen LogP contribution in [0.1, 0.15) is 59.8 Å². The monoisotopic (exact) mass is 182 g/mol. The molecule has 0 bridgehead atoms. The Bertz CT molecular complexity index is 133. The predicted molar refractivity (Wildman–Crippen MR) is 61.9 cm³/mol. The normalized spacial score (nSPS) is 13.3. The van der Waals surface area contributed by atoms with Gasteiger partial charge in [-0.2, -0.15) is 0 Å². The molecule has 1 atom stereocenters. The second kappa shape index (κ2) is 7.17. The van der Waals surface area contributed by atoms with Crippen LogP contribution in [0.5, 0.6) is 0 Å². The maximum atomic E-state index is 4.08. The number of hydrogen-bond acceptors (Lipinski definition) is 0. The number of allylic oxidation sites excluding steroid dienone is 1. The van der Waals surface area contributed by atoms with Crippen molar-refractivity contribution in [3.63, 3.8) is 0 Å². The van der Waals surface area contributed by atoms with E-state index in [-0.39, 0.29) is 0 Å². The van der Waals surface area contributed by atoms with E-state index in [1.165, 1.54) is 37.7 Å². The lowest BCUT2D eigenvalue weighted by Crippen LogP contribution is -2.09. The maximum absolute atomic E-state index is 4.08. The molecular weight excluding hydrogens is 156 g/mol. The predicted octanol–water partition coefficient (Wildman–Crippen LogP) is 4.81. The van der Waals surface area contributed by atoms with Gasteiger partial charge in [0.2, 0.25) is 0 Å². The second-order valence-electron chi connectivity index (χ2n) is 4.55. The molecule has 1 unspecified atom stereocenters. The minimum absolute atomic E-state index is 0.747. The third-order valence-electron chi connectivity index (χ3n) is 2.81. The molecule has 0 spiro atoms. The second-order valence-corrected chi connectivity index (χ2v) is 4.55. The first-order chi connectivity index (χ1) is 6.09. The molecule has 0 heterocycles. The summed E-state index contributed by atoms with van der Waals surface area (Å²) in [6, 6.07) is 0. The highest BCUT2D eigenvalue weighted by Gasteiger charge is 2.12. The van der Waals surface area contributed by atoms with Gasteiger partial charge in [0.1, 0.15) is 0 Å². The van der Waals surface area contributed by atoms with E-state index >= 15 is 0 Å². The number of rotatable bonds is 7. The Balaban J connectivity index is 3.64. The van der Waals surface area contributed by atoms with Crippen molar-refractivity contribution in [3.05, 3.63) is 12.2 Å². The standard InChI is InChI=1S/C13H26/c1-6-7-8-9-10-13(11(2)3)12(4)5/h12-13H,2,6-10H2,1,3-5H3. The van der Waals surface area contributed by atoms with Crippen LogP contribution in [0.15, 0.2) is 12.2 Å². The van der Waals surface area contributed by atoms with Crippen molar-refractivity contribution in [2.24, 2.45) is 11.8 Å². The van der Waals surface area contributed by atoms with Crippen molar-refractivity contribution in [2.45, 2.75) is 59.8 Å². The Morgan fingerprint density at radius 1 is 1.15 bits per heavy atom. The third kappa shape index (κ3) is 5.90. The summed E-state index contributed by atoms with van der Waals surface area (Å²) in [7, 11) is 0. The summed E-state index contributed by atoms with van der Waals surface area (Å²) >= 11 is 0. The van der Waals surface area contributed by atoms with Crippen LogP contribution in [0.3, 0.4) is 0 Å². The fourth-order valence-corrected chi connectivity index (χ4v) is 1.94. The molecule has 0 saturated heterocycles. The van der Waals surface area contributed by atoms with Crippen LogP contribution in [-0.2, 0) is 0 Å². The van der Waals surface area contributed by atoms with Gasteiger partial charge in [-0.1, -0.05) is 58.6 Å². The molecule has 0 aromatic heterocycles. The van der Waals surface area contributed by atoms with E-state index in [2.05, 4.69) is 34.3 Å². The Labute approximate surface area is 84.4 Å². The molecule has 0 amide bonds. The highest BCUT2D eigenvalue weighted by Crippen LogP contribution is 2.25. The van der Waals surface area contributed by atoms with Gasteiger partial charge in [-0.3, -0.25) is 0 Å². The lowest BCUT2D eigenvalue weighted by Gasteiger charge is -2.20. The lowest BCUT2D eigenvalue weighted by molar-refractivity contribution is 0.397. The number of hydrogen-bond donors (Lipinski definition) is 0. The fraction of sp³-hybridized carbons (Fsp3) is 0.846. The van der Waals surface area contributed by atoms with E-state index in [0.29, 0.717) is 0 Å². The van der Waals surface area contributed by atoms with Crippen molar-refractivity contribution in [1.82, 2.24) is 0 Å². The van der Waals surface area contributed by atoms with E-state index in [1.54, 1.807) is 0 Å². The Morgan fingerprint density at radius 3 is 2.15 bits per heavy atom. The van der Waals surface area contributed by atoms with Gasteiger partial charge < -0.3 is 0 Å². The largest absolute Gasteiger partial charge is 0.0999 e. The van der Waals surface area contributed by atoms with E-state index in [0.717, 1.165) is 11.8 Å². The molecule has 0 rings (SSSR count). The van der Waals surface area contributed by atoms with E-state index < -0.39 is 0 Å². The highest BCUT2D eigenvalue weighted by atomic mass is 14.2. The summed E-state index contributed by atoms with van der Waals surface area (Å²) in [4.78, 5) is 0. The summed E-state index contributed by atoms with van der Waals surface area (Å²) in [5.41, 5.74) is 1.37. The molecular formula is C13H26. The van der Waals surface area contributed by atoms with Gasteiger partial charge in [0, 0.05) is 0 Å². The Kier molecular flexibility index (Phi) is 7.03. The van der Waals surface area contributed by atoms with E-state index in [9.17, 15) is 0 Å². The van der Waals surface area contributed by atoms with Gasteiger partial charge in [-0.25, -0.2) is 0 Å². The first-order valence-electron chi connectivity index (χ1n) is 5.75. The topological polar surface area (TPSA) is 0 Å². The summed E-state index contributed by atoms with van der Waals surface area (Å²) in [6.45, 7) is 13.1. The van der Waals surface area contributed by atoms with Crippen molar-refractivity contribution < 1.29 is 0 Å². The van der Waals surface area contributed by atoms with Gasteiger partial charge in [-0.05, 0) is 25.2 Å². The first kappa shape index (κ1) is 12.7. The average molecular weight is 182 g/mol. The zero-order chi connectivity index (χ0) is 10.3. The zero-order valence-electron chi connectivity index (χ0n) is 9.90. The Hall–Kier alpha value is -0.260. The minimum Gasteiger partial charge on any atom is -0.0999 e. The highest BCUT2D eigenvalue weighted by molar-refractivity contribution is 4.97. The van der Waals surface area contributed by atoms with Crippen molar-refractivity contribution in [2.75, 3.05) is 0 Å². The van der Waals surface area contributed by atoms with E-state index in [1.807, 2.05) is 0 Å². The van der Waals surface area contributed by atoms with E-state index in [4.69, 9.17) is 0 Å². The SMILES string of the molecule is C=C(C)C(CCCCCC)C(C)C. The summed E-state index contributed by atoms with van der Waals surface area (Å²) < 4.78 is 0. The molecule has 0 N–H and O–H groups in total. The summed E-state index contributed by atoms with van der Waals surface area (Å²) in [5, 5.41) is 0. The summed E-state index contributed by atoms with van der Waals surface area (Å²) in [5.74, 6) is 1.51. The average Bonchev–Trinajstić information content (AvgIpc) is 2.02. The molecule has 0 aliphatic rings. The molecule has 0 aromatic rings. The van der Waals surface area contributed by atoms with Crippen molar-refractivity contribution in [3.8, 4) is 0 Å². The van der Waals surface area contributed by atoms with Crippen LogP contribution in [-0.4, -0.2) is 0 Å². The molecule has 0 saturated carbocycles. The van der Waals surface area contributed by atoms with Crippen LogP contribution in [0.2, 0.25) is 0 Å². The first-order valence-corrected chi connectivity index (χ1v) is 5.75. The van der Waals surface area contributed by atoms with Crippen LogP contribution in [0.25, 0.3) is 0 Å². The smallest absolute Gasteiger partial charge is 0.0186 e. The molecule has 0 heteroatoms. The van der Waals surface area contributed by atoms with Crippen molar-refractivity contribution in [1.29, 1.82) is 0 Å². The maximum Gasteiger partial charge on any atom is -0.0186 e. The zero-order valence-corrected chi connectivity index (χ0v) is 9.90. The van der Waals surface area contributed by atoms with Crippen molar-refractivity contribution >= 4 is 0 Å². The van der Waals surface area contributed by atoms with Gasteiger partial charge in [0.05, 0.1) is 0 Å². The van der Waals surface area contributed by atoms with Gasteiger partial charge in [-0.15, -0.1) is 0 Å². The third-order valence-corrected chi connectivity index (χ3v) is 2.81. The quantitative estimate of drug-likeness (QED) is 0.392. The fourth-order valence-electron chi connectivity index (χ4n) is 1.94. The summed E-state index contributed by atoms with van der Waals surface area (Å²) in [6.07, 6.45) is 6.84. The van der Waals surface area contributed by atoms with Crippen LogP contribution in [0, 0.1) is 11.8 Å². The molecule has 13 heavy (non-hydrogen) atoms. The lowest BCUT2D eigenvalue weighted by atomic mass is 9.85. The van der Waals surface area contributed by atoms with Gasteiger partial charge >= 0.3 is 0 Å². The molecule has 0 radical (unpaired) electrons. The minimum atomic E-state index is 0.747.